The molecule has 4 nitrogen and oxygen atoms in total. The average Bonchev–Trinajstić information content (AvgIpc) is 3.83. The molecule has 3 heterocycles. The third-order valence-electron chi connectivity index (χ3n) is 12.6. The van der Waals surface area contributed by atoms with Gasteiger partial charge in [-0.15, -0.1) is 0 Å². The summed E-state index contributed by atoms with van der Waals surface area (Å²) in [5.41, 5.74) is 7.79. The van der Waals surface area contributed by atoms with Gasteiger partial charge in [0.25, 0.3) is 5.56 Å². The fourth-order valence-electron chi connectivity index (χ4n) is 10.2. The fraction of sp³-hybridized carbons (Fsp3) is 0. The van der Waals surface area contributed by atoms with Crippen LogP contribution in [-0.4, -0.2) is 13.7 Å². The van der Waals surface area contributed by atoms with Crippen LogP contribution in [0.5, 0.6) is 0 Å². The van der Waals surface area contributed by atoms with Crippen molar-refractivity contribution in [3.8, 4) is 17.1 Å². The second-order valence-corrected chi connectivity index (χ2v) is 15.6. The normalized spacial score (nSPS) is 12.1. The maximum absolute atomic E-state index is 15.9. The van der Waals surface area contributed by atoms with Gasteiger partial charge in [-0.2, -0.15) is 0 Å². The highest BCUT2D eigenvalue weighted by Gasteiger charge is 2.24. The van der Waals surface area contributed by atoms with E-state index in [0.717, 1.165) is 77.0 Å². The van der Waals surface area contributed by atoms with Gasteiger partial charge in [0.15, 0.2) is 0 Å². The first-order valence-electron chi connectivity index (χ1n) is 20.2. The molecule has 59 heavy (non-hydrogen) atoms. The molecule has 0 bridgehead atoms. The molecule has 0 aliphatic heterocycles. The topological polar surface area (TPSA) is 31.9 Å². The number of rotatable bonds is 3. The van der Waals surface area contributed by atoms with Crippen molar-refractivity contribution in [2.45, 2.75) is 0 Å². The standard InChI is InChI=1S/C55H33N3O/c59-55-51-44(29-30-45-42-23-11-13-25-49(42)56(52(45)51)34-15-3-1-4-16-34)47-32-31-46-43-24-12-14-26-50(43)57(53(46)54(47)58(55)35-17-5-2-6-18-35)36-27-28-41-39-21-8-7-19-37(39)38-20-9-10-22-40(38)48(41)33-36/h1-33H. The highest BCUT2D eigenvalue weighted by molar-refractivity contribution is 6.28. The van der Waals surface area contributed by atoms with E-state index in [1.54, 1.807) is 0 Å². The van der Waals surface area contributed by atoms with Crippen LogP contribution in [-0.2, 0) is 0 Å². The van der Waals surface area contributed by atoms with Crippen molar-refractivity contribution in [2.75, 3.05) is 0 Å². The van der Waals surface area contributed by atoms with Gasteiger partial charge < -0.3 is 9.13 Å². The van der Waals surface area contributed by atoms with E-state index in [9.17, 15) is 0 Å². The lowest BCUT2D eigenvalue weighted by Gasteiger charge is -2.18. The van der Waals surface area contributed by atoms with Crippen molar-refractivity contribution in [3.05, 3.63) is 211 Å². The molecular formula is C55H33N3O. The molecule has 0 aliphatic rings. The van der Waals surface area contributed by atoms with E-state index >= 15 is 4.79 Å². The van der Waals surface area contributed by atoms with Crippen LogP contribution in [0.2, 0.25) is 0 Å². The highest BCUT2D eigenvalue weighted by Crippen LogP contribution is 2.43. The molecule has 3 aromatic heterocycles. The number of nitrogens with zero attached hydrogens (tertiary/aromatic N) is 3. The number of hydrogen-bond donors (Lipinski definition) is 0. The summed E-state index contributed by atoms with van der Waals surface area (Å²) >= 11 is 0. The second kappa shape index (κ2) is 12.0. The summed E-state index contributed by atoms with van der Waals surface area (Å²) in [4.78, 5) is 15.9. The average molecular weight is 752 g/mol. The SMILES string of the molecule is O=c1c2c(ccc3c4ccccc4n(-c4ccccc4)c32)c2ccc3c4ccccc4n(-c4ccc5c6ccccc6c6ccccc6c5c4)c3c2n1-c1ccccc1. The predicted molar refractivity (Wildman–Crippen MR) is 248 cm³/mol. The number of fused-ring (bicyclic) bond motifs is 17. The minimum Gasteiger partial charge on any atom is -0.308 e. The molecule has 0 amide bonds. The lowest BCUT2D eigenvalue weighted by Crippen LogP contribution is -2.20. The van der Waals surface area contributed by atoms with Gasteiger partial charge in [0.1, 0.15) is 0 Å². The maximum Gasteiger partial charge on any atom is 0.265 e. The van der Waals surface area contributed by atoms with Crippen LogP contribution in [0, 0.1) is 0 Å². The van der Waals surface area contributed by atoms with E-state index in [1.165, 1.54) is 32.3 Å². The monoisotopic (exact) mass is 751 g/mol. The molecule has 0 atom stereocenters. The Labute approximate surface area is 337 Å². The Morgan fingerprint density at radius 1 is 0.254 bits per heavy atom. The Kier molecular flexibility index (Phi) is 6.56. The minimum atomic E-state index is -0.0513. The van der Waals surface area contributed by atoms with E-state index in [1.807, 2.05) is 28.8 Å². The van der Waals surface area contributed by atoms with Gasteiger partial charge >= 0.3 is 0 Å². The zero-order valence-electron chi connectivity index (χ0n) is 31.8. The molecule has 0 aliphatic carbocycles. The van der Waals surface area contributed by atoms with Gasteiger partial charge in [-0.05, 0) is 86.2 Å². The summed E-state index contributed by atoms with van der Waals surface area (Å²) in [5.74, 6) is 0. The summed E-state index contributed by atoms with van der Waals surface area (Å²) in [6, 6.07) is 70.9. The zero-order chi connectivity index (χ0) is 38.8. The van der Waals surface area contributed by atoms with Crippen LogP contribution in [0.3, 0.4) is 0 Å². The van der Waals surface area contributed by atoms with Crippen LogP contribution in [0.25, 0.3) is 115 Å². The molecule has 0 saturated carbocycles. The third kappa shape index (κ3) is 4.35. The van der Waals surface area contributed by atoms with Gasteiger partial charge in [0.05, 0.1) is 33.0 Å². The van der Waals surface area contributed by atoms with Gasteiger partial charge in [-0.3, -0.25) is 9.36 Å². The van der Waals surface area contributed by atoms with Crippen molar-refractivity contribution < 1.29 is 0 Å². The molecule has 10 aromatic carbocycles. The molecule has 0 radical (unpaired) electrons. The first-order chi connectivity index (χ1) is 29.2. The number of pyridine rings is 1. The number of aromatic nitrogens is 3. The molecule has 0 unspecified atom stereocenters. The Morgan fingerprint density at radius 2 is 0.627 bits per heavy atom. The lowest BCUT2D eigenvalue weighted by molar-refractivity contribution is 1.06. The van der Waals surface area contributed by atoms with Crippen molar-refractivity contribution in [1.29, 1.82) is 0 Å². The van der Waals surface area contributed by atoms with Crippen molar-refractivity contribution >= 4 is 97.6 Å². The third-order valence-corrected chi connectivity index (χ3v) is 12.6. The van der Waals surface area contributed by atoms with Gasteiger partial charge in [-0.25, -0.2) is 0 Å². The summed E-state index contributed by atoms with van der Waals surface area (Å²) in [6.45, 7) is 0. The lowest BCUT2D eigenvalue weighted by atomic mass is 9.94. The molecule has 0 fully saturated rings. The molecule has 0 spiro atoms. The summed E-state index contributed by atoms with van der Waals surface area (Å²) in [7, 11) is 0. The largest absolute Gasteiger partial charge is 0.308 e. The Hall–Kier alpha value is -7.95. The Morgan fingerprint density at radius 3 is 1.20 bits per heavy atom. The van der Waals surface area contributed by atoms with E-state index in [-0.39, 0.29) is 5.56 Å². The van der Waals surface area contributed by atoms with E-state index in [0.29, 0.717) is 5.39 Å². The molecule has 13 rings (SSSR count). The van der Waals surface area contributed by atoms with Crippen LogP contribution in [0.4, 0.5) is 0 Å². The first-order valence-corrected chi connectivity index (χ1v) is 20.2. The van der Waals surface area contributed by atoms with E-state index in [4.69, 9.17) is 0 Å². The second-order valence-electron chi connectivity index (χ2n) is 15.6. The molecule has 274 valence electrons. The zero-order valence-corrected chi connectivity index (χ0v) is 31.8. The minimum absolute atomic E-state index is 0.0513. The maximum atomic E-state index is 15.9. The van der Waals surface area contributed by atoms with Gasteiger partial charge in [-0.1, -0.05) is 152 Å². The molecular weight excluding hydrogens is 719 g/mol. The van der Waals surface area contributed by atoms with Crippen LogP contribution in [0.1, 0.15) is 0 Å². The quantitative estimate of drug-likeness (QED) is 0.165. The summed E-state index contributed by atoms with van der Waals surface area (Å²) in [6.07, 6.45) is 0. The molecule has 13 aromatic rings. The fourth-order valence-corrected chi connectivity index (χ4v) is 10.2. The van der Waals surface area contributed by atoms with Crippen molar-refractivity contribution in [1.82, 2.24) is 13.7 Å². The molecule has 0 saturated heterocycles. The number of para-hydroxylation sites is 4. The van der Waals surface area contributed by atoms with Gasteiger partial charge in [0, 0.05) is 44.0 Å². The van der Waals surface area contributed by atoms with Crippen molar-refractivity contribution in [2.24, 2.45) is 0 Å². The number of benzene rings is 10. The van der Waals surface area contributed by atoms with E-state index < -0.39 is 0 Å². The molecule has 0 N–H and O–H groups in total. The van der Waals surface area contributed by atoms with Crippen molar-refractivity contribution in [3.63, 3.8) is 0 Å². The Balaban J connectivity index is 1.24. The van der Waals surface area contributed by atoms with Crippen LogP contribution < -0.4 is 5.56 Å². The van der Waals surface area contributed by atoms with E-state index in [2.05, 4.69) is 185 Å². The first kappa shape index (κ1) is 32.2. The van der Waals surface area contributed by atoms with Crippen LogP contribution in [0.15, 0.2) is 205 Å². The van der Waals surface area contributed by atoms with Gasteiger partial charge in [0.2, 0.25) is 0 Å². The van der Waals surface area contributed by atoms with Crippen LogP contribution >= 0.6 is 0 Å². The summed E-state index contributed by atoms with van der Waals surface area (Å²) in [5, 5.41) is 14.4. The smallest absolute Gasteiger partial charge is 0.265 e. The number of hydrogen-bond acceptors (Lipinski definition) is 1. The molecule has 4 heteroatoms. The Bertz CT molecular complexity index is 3930. The highest BCUT2D eigenvalue weighted by atomic mass is 16.1. The predicted octanol–water partition coefficient (Wildman–Crippen LogP) is 13.8. The summed E-state index contributed by atoms with van der Waals surface area (Å²) < 4.78 is 6.64.